The lowest BCUT2D eigenvalue weighted by Gasteiger charge is -2.10. The van der Waals surface area contributed by atoms with Crippen LogP contribution in [-0.2, 0) is 13.2 Å². The molecule has 0 N–H and O–H groups in total. The Bertz CT molecular complexity index is 943. The molecule has 0 unspecified atom stereocenters. The molecule has 1 aromatic heterocycles. The Labute approximate surface area is 163 Å². The van der Waals surface area contributed by atoms with Gasteiger partial charge in [0, 0.05) is 10.0 Å². The van der Waals surface area contributed by atoms with Crippen molar-refractivity contribution >= 4 is 39.1 Å². The third-order valence-corrected chi connectivity index (χ3v) is 4.65. The summed E-state index contributed by atoms with van der Waals surface area (Å²) in [7, 11) is 0. The molecule has 0 atom stereocenters. The highest BCUT2D eigenvalue weighted by Crippen LogP contribution is 2.19. The monoisotopic (exact) mass is 438 g/mol. The van der Waals surface area contributed by atoms with Crippen LogP contribution in [0.5, 0.6) is 5.88 Å². The average Bonchev–Trinajstić information content (AvgIpc) is 2.60. The highest BCUT2D eigenvalue weighted by Gasteiger charge is 2.11. The first-order chi connectivity index (χ1) is 12.0. The van der Waals surface area contributed by atoms with Crippen molar-refractivity contribution in [3.63, 3.8) is 0 Å². The van der Waals surface area contributed by atoms with Gasteiger partial charge >= 0.3 is 0 Å². The van der Waals surface area contributed by atoms with Gasteiger partial charge in [-0.2, -0.15) is 0 Å². The van der Waals surface area contributed by atoms with Crippen molar-refractivity contribution in [1.29, 1.82) is 0 Å². The summed E-state index contributed by atoms with van der Waals surface area (Å²) in [6.45, 7) is 0.670. The molecule has 3 rings (SSSR count). The Morgan fingerprint density at radius 1 is 1.04 bits per heavy atom. The van der Waals surface area contributed by atoms with Crippen molar-refractivity contribution in [3.05, 3.63) is 90.9 Å². The predicted molar refractivity (Wildman–Crippen MR) is 103 cm³/mol. The van der Waals surface area contributed by atoms with E-state index in [4.69, 9.17) is 27.9 Å². The summed E-state index contributed by atoms with van der Waals surface area (Å²) in [6, 6.07) is 14.6. The Morgan fingerprint density at radius 2 is 1.80 bits per heavy atom. The molecule has 3 aromatic rings. The molecule has 25 heavy (non-hydrogen) atoms. The second-order valence-electron chi connectivity index (χ2n) is 5.34. The van der Waals surface area contributed by atoms with Crippen molar-refractivity contribution in [2.24, 2.45) is 0 Å². The van der Waals surface area contributed by atoms with E-state index in [0.717, 1.165) is 11.1 Å². The normalized spacial score (nSPS) is 10.7. The van der Waals surface area contributed by atoms with Crippen LogP contribution < -0.4 is 10.3 Å². The zero-order valence-corrected chi connectivity index (χ0v) is 16.1. The summed E-state index contributed by atoms with van der Waals surface area (Å²) in [5.41, 5.74) is 1.63. The molecule has 0 amide bonds. The van der Waals surface area contributed by atoms with Gasteiger partial charge < -0.3 is 4.74 Å². The molecule has 0 aliphatic heterocycles. The number of hydrogen-bond acceptors (Lipinski definition) is 3. The first-order valence-corrected chi connectivity index (χ1v) is 8.94. The van der Waals surface area contributed by atoms with E-state index in [0.29, 0.717) is 23.2 Å². The zero-order valence-electron chi connectivity index (χ0n) is 13.0. The van der Waals surface area contributed by atoms with Gasteiger partial charge in [-0.3, -0.25) is 9.36 Å². The van der Waals surface area contributed by atoms with Gasteiger partial charge in [-0.15, -0.1) is 0 Å². The van der Waals surface area contributed by atoms with E-state index >= 15 is 0 Å². The molecule has 0 fully saturated rings. The van der Waals surface area contributed by atoms with Crippen molar-refractivity contribution in [1.82, 2.24) is 9.55 Å². The highest BCUT2D eigenvalue weighted by molar-refractivity contribution is 9.10. The molecule has 1 heterocycles. The van der Waals surface area contributed by atoms with E-state index < -0.39 is 0 Å². The van der Waals surface area contributed by atoms with E-state index in [9.17, 15) is 4.79 Å². The maximum Gasteiger partial charge on any atom is 0.271 e. The quantitative estimate of drug-likeness (QED) is 0.565. The van der Waals surface area contributed by atoms with Crippen molar-refractivity contribution < 1.29 is 4.74 Å². The maximum absolute atomic E-state index is 12.5. The summed E-state index contributed by atoms with van der Waals surface area (Å²) >= 11 is 15.1. The van der Waals surface area contributed by atoms with Crippen molar-refractivity contribution in [2.75, 3.05) is 0 Å². The molecule has 0 aliphatic carbocycles. The number of benzene rings is 2. The largest absolute Gasteiger partial charge is 0.472 e. The molecule has 0 saturated carbocycles. The van der Waals surface area contributed by atoms with Crippen LogP contribution >= 0.6 is 39.1 Å². The Balaban J connectivity index is 1.75. The van der Waals surface area contributed by atoms with Gasteiger partial charge in [-0.1, -0.05) is 47.5 Å². The van der Waals surface area contributed by atoms with Gasteiger partial charge in [-0.25, -0.2) is 4.98 Å². The number of halogens is 3. The van der Waals surface area contributed by atoms with E-state index in [-0.39, 0.29) is 15.9 Å². The Hall–Kier alpha value is -1.82. The number of ether oxygens (including phenoxy) is 1. The number of hydrogen-bond donors (Lipinski definition) is 0. The van der Waals surface area contributed by atoms with E-state index in [2.05, 4.69) is 20.9 Å². The second-order valence-corrected chi connectivity index (χ2v) is 7.01. The lowest BCUT2D eigenvalue weighted by Crippen LogP contribution is -2.22. The number of rotatable bonds is 5. The lowest BCUT2D eigenvalue weighted by molar-refractivity contribution is 0.289. The third kappa shape index (κ3) is 4.63. The highest BCUT2D eigenvalue weighted by atomic mass is 79.9. The van der Waals surface area contributed by atoms with Crippen LogP contribution in [-0.4, -0.2) is 9.55 Å². The summed E-state index contributed by atoms with van der Waals surface area (Å²) in [5.74, 6) is 0.252. The van der Waals surface area contributed by atoms with Gasteiger partial charge in [0.2, 0.25) is 5.88 Å². The molecule has 0 spiro atoms. The summed E-state index contributed by atoms with van der Waals surface area (Å²) in [6.07, 6.45) is 1.46. The molecule has 0 aliphatic rings. The van der Waals surface area contributed by atoms with Crippen LogP contribution in [0.1, 0.15) is 11.1 Å². The third-order valence-electron chi connectivity index (χ3n) is 3.48. The molecule has 0 bridgehead atoms. The van der Waals surface area contributed by atoms with Gasteiger partial charge in [0.05, 0.1) is 6.54 Å². The molecule has 2 aromatic carbocycles. The smallest absolute Gasteiger partial charge is 0.271 e. The minimum atomic E-state index is -0.221. The van der Waals surface area contributed by atoms with Gasteiger partial charge in [0.25, 0.3) is 5.56 Å². The fraction of sp³-hybridized carbons (Fsp3) is 0.111. The SMILES string of the molecule is O=c1c(Br)c(OCc2ccc(Cl)cc2)ncn1Cc1cccc(Cl)c1. The molecule has 0 radical (unpaired) electrons. The lowest BCUT2D eigenvalue weighted by atomic mass is 10.2. The molecule has 7 heteroatoms. The number of aromatic nitrogens is 2. The first kappa shape index (κ1) is 18.0. The topological polar surface area (TPSA) is 44.1 Å². The van der Waals surface area contributed by atoms with Crippen LogP contribution in [0.2, 0.25) is 10.0 Å². The van der Waals surface area contributed by atoms with Crippen LogP contribution in [0.4, 0.5) is 0 Å². The van der Waals surface area contributed by atoms with Gasteiger partial charge in [0.15, 0.2) is 0 Å². The fourth-order valence-corrected chi connectivity index (χ4v) is 3.01. The molecule has 128 valence electrons. The average molecular weight is 440 g/mol. The van der Waals surface area contributed by atoms with Crippen LogP contribution in [0.3, 0.4) is 0 Å². The summed E-state index contributed by atoms with van der Waals surface area (Å²) < 4.78 is 7.41. The van der Waals surface area contributed by atoms with E-state index in [1.165, 1.54) is 10.9 Å². The predicted octanol–water partition coefficient (Wildman–Crippen LogP) is 4.94. The molecular weight excluding hydrogens is 427 g/mol. The fourth-order valence-electron chi connectivity index (χ4n) is 2.23. The second kappa shape index (κ2) is 8.04. The Kier molecular flexibility index (Phi) is 5.78. The van der Waals surface area contributed by atoms with Crippen LogP contribution in [0, 0.1) is 0 Å². The summed E-state index contributed by atoms with van der Waals surface area (Å²) in [5, 5.41) is 1.28. The van der Waals surface area contributed by atoms with E-state index in [1.54, 1.807) is 18.2 Å². The van der Waals surface area contributed by atoms with Gasteiger partial charge in [0.1, 0.15) is 17.4 Å². The maximum atomic E-state index is 12.5. The van der Waals surface area contributed by atoms with Gasteiger partial charge in [-0.05, 0) is 51.3 Å². The van der Waals surface area contributed by atoms with Crippen LogP contribution in [0.25, 0.3) is 0 Å². The standard InChI is InChI=1S/C18H13BrCl2N2O2/c19-16-17(25-10-12-4-6-14(20)7-5-12)22-11-23(18(16)24)9-13-2-1-3-15(21)8-13/h1-8,11H,9-10H2. The van der Waals surface area contributed by atoms with Crippen molar-refractivity contribution in [3.8, 4) is 5.88 Å². The molecule has 4 nitrogen and oxygen atoms in total. The Morgan fingerprint density at radius 3 is 2.52 bits per heavy atom. The summed E-state index contributed by atoms with van der Waals surface area (Å²) in [4.78, 5) is 16.7. The zero-order chi connectivity index (χ0) is 17.8. The molecular formula is C18H13BrCl2N2O2. The minimum absolute atomic E-state index is 0.221. The number of nitrogens with zero attached hydrogens (tertiary/aromatic N) is 2. The first-order valence-electron chi connectivity index (χ1n) is 7.39. The van der Waals surface area contributed by atoms with Crippen LogP contribution in [0.15, 0.2) is 64.1 Å². The van der Waals surface area contributed by atoms with E-state index in [1.807, 2.05) is 30.3 Å². The van der Waals surface area contributed by atoms with Crippen molar-refractivity contribution in [2.45, 2.75) is 13.2 Å². The molecule has 0 saturated heterocycles. The minimum Gasteiger partial charge on any atom is -0.472 e.